The van der Waals surface area contributed by atoms with Gasteiger partial charge in [-0.05, 0) is 32.7 Å². The fourth-order valence-corrected chi connectivity index (χ4v) is 2.10. The summed E-state index contributed by atoms with van der Waals surface area (Å²) in [6.07, 6.45) is -2.61. The second-order valence-electron chi connectivity index (χ2n) is 4.51. The van der Waals surface area contributed by atoms with Gasteiger partial charge in [-0.15, -0.1) is 12.4 Å². The summed E-state index contributed by atoms with van der Waals surface area (Å²) in [7, 11) is 1.75. The van der Waals surface area contributed by atoms with Crippen LogP contribution < -0.4 is 10.6 Å². The SMILES string of the molecule is CNCCC(=O)NC1CCC(C(F)(F)F)CC1.Cl. The van der Waals surface area contributed by atoms with Crippen molar-refractivity contribution < 1.29 is 18.0 Å². The van der Waals surface area contributed by atoms with E-state index in [1.807, 2.05) is 0 Å². The lowest BCUT2D eigenvalue weighted by Gasteiger charge is -2.30. The van der Waals surface area contributed by atoms with E-state index in [9.17, 15) is 18.0 Å². The van der Waals surface area contributed by atoms with Gasteiger partial charge in [-0.3, -0.25) is 4.79 Å². The summed E-state index contributed by atoms with van der Waals surface area (Å²) in [6, 6.07) is -0.0852. The summed E-state index contributed by atoms with van der Waals surface area (Å²) in [4.78, 5) is 11.4. The highest BCUT2D eigenvalue weighted by Crippen LogP contribution is 2.37. The highest BCUT2D eigenvalue weighted by molar-refractivity contribution is 5.85. The minimum Gasteiger partial charge on any atom is -0.353 e. The summed E-state index contributed by atoms with van der Waals surface area (Å²) in [5.41, 5.74) is 0. The highest BCUT2D eigenvalue weighted by atomic mass is 35.5. The van der Waals surface area contributed by atoms with Crippen molar-refractivity contribution in [3.8, 4) is 0 Å². The third-order valence-corrected chi connectivity index (χ3v) is 3.16. The Bertz CT molecular complexity index is 253. The molecule has 108 valence electrons. The van der Waals surface area contributed by atoms with Crippen molar-refractivity contribution in [1.29, 1.82) is 0 Å². The van der Waals surface area contributed by atoms with Gasteiger partial charge in [-0.25, -0.2) is 0 Å². The van der Waals surface area contributed by atoms with Gasteiger partial charge in [0.2, 0.25) is 5.91 Å². The maximum Gasteiger partial charge on any atom is 0.391 e. The van der Waals surface area contributed by atoms with E-state index in [-0.39, 0.29) is 37.2 Å². The predicted molar refractivity (Wildman–Crippen MR) is 65.7 cm³/mol. The number of amides is 1. The van der Waals surface area contributed by atoms with Gasteiger partial charge in [0.15, 0.2) is 0 Å². The molecule has 1 saturated carbocycles. The Kier molecular flexibility index (Phi) is 7.62. The molecule has 3 nitrogen and oxygen atoms in total. The molecule has 1 aliphatic rings. The second kappa shape index (κ2) is 7.84. The van der Waals surface area contributed by atoms with Crippen molar-refractivity contribution in [1.82, 2.24) is 10.6 Å². The minimum absolute atomic E-state index is 0. The third kappa shape index (κ3) is 5.91. The Morgan fingerprint density at radius 1 is 1.22 bits per heavy atom. The van der Waals surface area contributed by atoms with Gasteiger partial charge < -0.3 is 10.6 Å². The van der Waals surface area contributed by atoms with E-state index in [2.05, 4.69) is 10.6 Å². The largest absolute Gasteiger partial charge is 0.391 e. The lowest BCUT2D eigenvalue weighted by Crippen LogP contribution is -2.40. The molecule has 2 N–H and O–H groups in total. The first-order valence-electron chi connectivity index (χ1n) is 5.94. The van der Waals surface area contributed by atoms with Crippen molar-refractivity contribution in [2.75, 3.05) is 13.6 Å². The van der Waals surface area contributed by atoms with Crippen molar-refractivity contribution in [2.45, 2.75) is 44.3 Å². The molecule has 0 aromatic heterocycles. The number of rotatable bonds is 4. The van der Waals surface area contributed by atoms with Crippen LogP contribution in [0.5, 0.6) is 0 Å². The maximum absolute atomic E-state index is 12.4. The van der Waals surface area contributed by atoms with Gasteiger partial charge in [-0.1, -0.05) is 0 Å². The Morgan fingerprint density at radius 2 is 1.78 bits per heavy atom. The van der Waals surface area contributed by atoms with Crippen LogP contribution >= 0.6 is 12.4 Å². The van der Waals surface area contributed by atoms with Crippen molar-refractivity contribution in [3.63, 3.8) is 0 Å². The number of hydrogen-bond donors (Lipinski definition) is 2. The smallest absolute Gasteiger partial charge is 0.353 e. The highest BCUT2D eigenvalue weighted by Gasteiger charge is 2.41. The molecule has 1 amide bonds. The van der Waals surface area contributed by atoms with Crippen LogP contribution in [0.4, 0.5) is 13.2 Å². The lowest BCUT2D eigenvalue weighted by molar-refractivity contribution is -0.182. The molecule has 0 radical (unpaired) electrons. The van der Waals surface area contributed by atoms with Crippen LogP contribution in [0, 0.1) is 5.92 Å². The molecule has 1 aliphatic carbocycles. The summed E-state index contributed by atoms with van der Waals surface area (Å²) >= 11 is 0. The summed E-state index contributed by atoms with van der Waals surface area (Å²) in [5.74, 6) is -1.28. The van der Waals surface area contributed by atoms with Crippen LogP contribution in [-0.2, 0) is 4.79 Å². The zero-order valence-corrected chi connectivity index (χ0v) is 11.2. The van der Waals surface area contributed by atoms with Gasteiger partial charge >= 0.3 is 6.18 Å². The van der Waals surface area contributed by atoms with Crippen LogP contribution in [0.25, 0.3) is 0 Å². The molecule has 0 unspecified atom stereocenters. The maximum atomic E-state index is 12.4. The van der Waals surface area contributed by atoms with Gasteiger partial charge in [-0.2, -0.15) is 13.2 Å². The quantitative estimate of drug-likeness (QED) is 0.833. The first-order chi connectivity index (χ1) is 7.93. The van der Waals surface area contributed by atoms with E-state index < -0.39 is 12.1 Å². The molecule has 0 aromatic carbocycles. The van der Waals surface area contributed by atoms with Gasteiger partial charge in [0.25, 0.3) is 0 Å². The van der Waals surface area contributed by atoms with E-state index in [0.29, 0.717) is 25.8 Å². The first kappa shape index (κ1) is 17.5. The van der Waals surface area contributed by atoms with Crippen LogP contribution in [0.3, 0.4) is 0 Å². The van der Waals surface area contributed by atoms with Crippen LogP contribution in [0.2, 0.25) is 0 Å². The fourth-order valence-electron chi connectivity index (χ4n) is 2.10. The van der Waals surface area contributed by atoms with E-state index in [1.165, 1.54) is 0 Å². The normalized spacial score (nSPS) is 24.2. The molecular formula is C11H20ClF3N2O. The monoisotopic (exact) mass is 288 g/mol. The molecule has 1 rings (SSSR count). The van der Waals surface area contributed by atoms with Crippen molar-refractivity contribution in [2.24, 2.45) is 5.92 Å². The van der Waals surface area contributed by atoms with Crippen molar-refractivity contribution in [3.05, 3.63) is 0 Å². The topological polar surface area (TPSA) is 41.1 Å². The van der Waals surface area contributed by atoms with Gasteiger partial charge in [0.1, 0.15) is 0 Å². The molecule has 0 heterocycles. The van der Waals surface area contributed by atoms with Crippen LogP contribution in [0.1, 0.15) is 32.1 Å². The molecule has 0 atom stereocenters. The Balaban J connectivity index is 0.00000289. The fraction of sp³-hybridized carbons (Fsp3) is 0.909. The third-order valence-electron chi connectivity index (χ3n) is 3.16. The number of halogens is 4. The first-order valence-corrected chi connectivity index (χ1v) is 5.94. The van der Waals surface area contributed by atoms with E-state index in [1.54, 1.807) is 7.05 Å². The molecule has 7 heteroatoms. The summed E-state index contributed by atoms with van der Waals surface area (Å²) in [5, 5.41) is 5.63. The molecule has 0 saturated heterocycles. The lowest BCUT2D eigenvalue weighted by atomic mass is 9.85. The summed E-state index contributed by atoms with van der Waals surface area (Å²) in [6.45, 7) is 0.587. The summed E-state index contributed by atoms with van der Waals surface area (Å²) < 4.78 is 37.2. The number of nitrogens with one attached hydrogen (secondary N) is 2. The average molecular weight is 289 g/mol. The predicted octanol–water partition coefficient (Wildman–Crippen LogP) is 2.26. The van der Waals surface area contributed by atoms with Gasteiger partial charge in [0, 0.05) is 19.0 Å². The van der Waals surface area contributed by atoms with Crippen molar-refractivity contribution >= 4 is 18.3 Å². The Morgan fingerprint density at radius 3 is 2.22 bits per heavy atom. The zero-order chi connectivity index (χ0) is 12.9. The van der Waals surface area contributed by atoms with E-state index in [0.717, 1.165) is 0 Å². The van der Waals surface area contributed by atoms with Crippen LogP contribution in [-0.4, -0.2) is 31.7 Å². The minimum atomic E-state index is -4.08. The Labute approximate surface area is 111 Å². The van der Waals surface area contributed by atoms with Gasteiger partial charge in [0.05, 0.1) is 5.92 Å². The number of alkyl halides is 3. The van der Waals surface area contributed by atoms with Crippen LogP contribution in [0.15, 0.2) is 0 Å². The van der Waals surface area contributed by atoms with E-state index >= 15 is 0 Å². The molecule has 0 aromatic rings. The van der Waals surface area contributed by atoms with E-state index in [4.69, 9.17) is 0 Å². The second-order valence-corrected chi connectivity index (χ2v) is 4.51. The number of hydrogen-bond acceptors (Lipinski definition) is 2. The molecule has 18 heavy (non-hydrogen) atoms. The molecule has 1 fully saturated rings. The molecular weight excluding hydrogens is 269 g/mol. The number of carbonyl (C=O) groups excluding carboxylic acids is 1. The standard InChI is InChI=1S/C11H19F3N2O.ClH/c1-15-7-6-10(17)16-9-4-2-8(3-5-9)11(12,13)14;/h8-9,15H,2-7H2,1H3,(H,16,17);1H. The molecule has 0 aliphatic heterocycles. The number of carbonyl (C=O) groups is 1. The Hall–Kier alpha value is -0.490. The molecule has 0 spiro atoms. The zero-order valence-electron chi connectivity index (χ0n) is 10.3. The average Bonchev–Trinajstić information content (AvgIpc) is 2.26. The molecule has 0 bridgehead atoms.